The molecule has 0 aromatic carbocycles. The lowest BCUT2D eigenvalue weighted by molar-refractivity contribution is -0.446. The van der Waals surface area contributed by atoms with Crippen molar-refractivity contribution >= 4 is 5.95 Å². The molecule has 0 aliphatic carbocycles. The SMILES string of the molecule is O=[N+]([O-])Nc1nnnn1-c1nn[nH]n1. The first-order valence-electron chi connectivity index (χ1n) is 3.20. The van der Waals surface area contributed by atoms with Crippen molar-refractivity contribution < 1.29 is 5.03 Å². The van der Waals surface area contributed by atoms with Crippen LogP contribution in [0.15, 0.2) is 0 Å². The molecular formula is C2H2N10O2. The quantitative estimate of drug-likeness (QED) is 0.412. The Morgan fingerprint density at radius 2 is 2.36 bits per heavy atom. The summed E-state index contributed by atoms with van der Waals surface area (Å²) in [7, 11) is 0. The Kier molecular flexibility index (Phi) is 1.71. The molecule has 0 bridgehead atoms. The average molecular weight is 198 g/mol. The molecule has 0 saturated heterocycles. The van der Waals surface area contributed by atoms with Gasteiger partial charge in [0.05, 0.1) is 0 Å². The van der Waals surface area contributed by atoms with Crippen LogP contribution in [0, 0.1) is 10.1 Å². The zero-order valence-corrected chi connectivity index (χ0v) is 6.39. The minimum absolute atomic E-state index is 0.000602. The molecule has 2 N–H and O–H groups in total. The van der Waals surface area contributed by atoms with Crippen molar-refractivity contribution in [1.82, 2.24) is 40.8 Å². The van der Waals surface area contributed by atoms with Crippen LogP contribution in [0.4, 0.5) is 5.95 Å². The minimum Gasteiger partial charge on any atom is -0.234 e. The standard InChI is InChI=1S/C2H2N10O2/c13-12(14)6-2-5-9-10-11(2)1-3-7-8-4-1/h(H,5,6,10)(H,3,4,7,8). The maximum atomic E-state index is 10.1. The van der Waals surface area contributed by atoms with E-state index in [9.17, 15) is 10.1 Å². The summed E-state index contributed by atoms with van der Waals surface area (Å²) in [6, 6.07) is 0. The van der Waals surface area contributed by atoms with Crippen LogP contribution in [0.25, 0.3) is 5.95 Å². The van der Waals surface area contributed by atoms with Gasteiger partial charge >= 0.3 is 5.95 Å². The molecule has 2 aromatic rings. The number of nitrogens with one attached hydrogen (secondary N) is 2. The van der Waals surface area contributed by atoms with Crippen molar-refractivity contribution in [1.29, 1.82) is 0 Å². The van der Waals surface area contributed by atoms with Gasteiger partial charge in [0.15, 0.2) is 5.03 Å². The second-order valence-electron chi connectivity index (χ2n) is 2.00. The van der Waals surface area contributed by atoms with Gasteiger partial charge in [0.25, 0.3) is 5.95 Å². The molecule has 0 radical (unpaired) electrons. The van der Waals surface area contributed by atoms with Crippen LogP contribution >= 0.6 is 0 Å². The molecule has 14 heavy (non-hydrogen) atoms. The zero-order chi connectivity index (χ0) is 9.97. The van der Waals surface area contributed by atoms with E-state index in [1.165, 1.54) is 0 Å². The molecule has 0 amide bonds. The van der Waals surface area contributed by atoms with Crippen molar-refractivity contribution in [3.05, 3.63) is 10.1 Å². The van der Waals surface area contributed by atoms with Gasteiger partial charge in [-0.25, -0.2) is 10.1 Å². The number of aromatic amines is 1. The van der Waals surface area contributed by atoms with Crippen molar-refractivity contribution in [3.63, 3.8) is 0 Å². The molecule has 72 valence electrons. The number of anilines is 1. The second-order valence-corrected chi connectivity index (χ2v) is 2.00. The summed E-state index contributed by atoms with van der Waals surface area (Å²) in [4.78, 5) is 10.1. The lowest BCUT2D eigenvalue weighted by Crippen LogP contribution is -2.14. The van der Waals surface area contributed by atoms with Gasteiger partial charge < -0.3 is 0 Å². The summed E-state index contributed by atoms with van der Waals surface area (Å²) in [6.45, 7) is 0. The first-order chi connectivity index (χ1) is 6.77. The Bertz CT molecular complexity index is 429. The van der Waals surface area contributed by atoms with Crippen LogP contribution in [0.3, 0.4) is 0 Å². The molecule has 2 aromatic heterocycles. The molecule has 2 heterocycles. The van der Waals surface area contributed by atoms with Crippen LogP contribution in [-0.4, -0.2) is 45.9 Å². The third kappa shape index (κ3) is 1.30. The van der Waals surface area contributed by atoms with E-state index in [4.69, 9.17) is 0 Å². The van der Waals surface area contributed by atoms with Crippen LogP contribution in [-0.2, 0) is 0 Å². The van der Waals surface area contributed by atoms with Gasteiger partial charge in [-0.05, 0) is 15.6 Å². The summed E-state index contributed by atoms with van der Waals surface area (Å²) in [5, 5.41) is 31.7. The molecule has 0 aliphatic rings. The van der Waals surface area contributed by atoms with E-state index in [0.29, 0.717) is 0 Å². The molecule has 0 atom stereocenters. The monoisotopic (exact) mass is 198 g/mol. The predicted octanol–water partition coefficient (Wildman–Crippen LogP) is -2.22. The highest BCUT2D eigenvalue weighted by molar-refractivity contribution is 5.24. The highest BCUT2D eigenvalue weighted by Gasteiger charge is 2.14. The van der Waals surface area contributed by atoms with E-state index < -0.39 is 5.03 Å². The lowest BCUT2D eigenvalue weighted by Gasteiger charge is -1.93. The molecule has 12 nitrogen and oxygen atoms in total. The molecule has 12 heteroatoms. The maximum Gasteiger partial charge on any atom is 0.311 e. The third-order valence-electron chi connectivity index (χ3n) is 1.18. The first kappa shape index (κ1) is 7.96. The Hall–Kier alpha value is -2.66. The van der Waals surface area contributed by atoms with Crippen molar-refractivity contribution in [2.45, 2.75) is 0 Å². The summed E-state index contributed by atoms with van der Waals surface area (Å²) in [5.41, 5.74) is 1.77. The number of nitrogens with zero attached hydrogens (tertiary/aromatic N) is 8. The van der Waals surface area contributed by atoms with Crippen molar-refractivity contribution in [2.24, 2.45) is 0 Å². The highest BCUT2D eigenvalue weighted by Crippen LogP contribution is 2.03. The molecular weight excluding hydrogens is 196 g/mol. The van der Waals surface area contributed by atoms with E-state index >= 15 is 0 Å². The summed E-state index contributed by atoms with van der Waals surface area (Å²) in [6.07, 6.45) is 0. The van der Waals surface area contributed by atoms with E-state index in [1.807, 2.05) is 0 Å². The van der Waals surface area contributed by atoms with Crippen molar-refractivity contribution in [3.8, 4) is 5.95 Å². The molecule has 0 spiro atoms. The summed E-state index contributed by atoms with van der Waals surface area (Å²) < 4.78 is 0.923. The number of nitro groups is 1. The number of H-pyrrole nitrogens is 1. The summed E-state index contributed by atoms with van der Waals surface area (Å²) >= 11 is 0. The smallest absolute Gasteiger partial charge is 0.234 e. The van der Waals surface area contributed by atoms with Crippen LogP contribution in [0.2, 0.25) is 0 Å². The Labute approximate surface area is 74.4 Å². The lowest BCUT2D eigenvalue weighted by atomic mass is 10.9. The van der Waals surface area contributed by atoms with Gasteiger partial charge in [-0.3, -0.25) is 0 Å². The molecule has 2 rings (SSSR count). The van der Waals surface area contributed by atoms with Gasteiger partial charge in [0.2, 0.25) is 0 Å². The fourth-order valence-corrected chi connectivity index (χ4v) is 0.719. The Balaban J connectivity index is 2.35. The van der Waals surface area contributed by atoms with E-state index in [0.717, 1.165) is 4.68 Å². The number of aromatic nitrogens is 8. The first-order valence-corrected chi connectivity index (χ1v) is 3.20. The summed E-state index contributed by atoms with van der Waals surface area (Å²) in [5.74, 6) is -0.212. The molecule has 0 fully saturated rings. The second kappa shape index (κ2) is 3.00. The zero-order valence-electron chi connectivity index (χ0n) is 6.39. The topological polar surface area (TPSA) is 153 Å². The van der Waals surface area contributed by atoms with E-state index in [-0.39, 0.29) is 11.9 Å². The highest BCUT2D eigenvalue weighted by atomic mass is 16.7. The predicted molar refractivity (Wildman–Crippen MR) is 37.5 cm³/mol. The van der Waals surface area contributed by atoms with Gasteiger partial charge in [-0.15, -0.1) is 9.78 Å². The van der Waals surface area contributed by atoms with Crippen LogP contribution in [0.1, 0.15) is 0 Å². The van der Waals surface area contributed by atoms with E-state index in [2.05, 4.69) is 36.1 Å². The van der Waals surface area contributed by atoms with Gasteiger partial charge in [-0.2, -0.15) is 5.21 Å². The number of hydrogen-bond donors (Lipinski definition) is 2. The Morgan fingerprint density at radius 3 is 3.00 bits per heavy atom. The number of tetrazole rings is 2. The fraction of sp³-hybridized carbons (Fsp3) is 0. The van der Waals surface area contributed by atoms with Gasteiger partial charge in [0.1, 0.15) is 0 Å². The average Bonchev–Trinajstić information content (AvgIpc) is 2.70. The number of hydrazine groups is 1. The minimum atomic E-state index is -0.803. The van der Waals surface area contributed by atoms with Crippen molar-refractivity contribution in [2.75, 3.05) is 5.43 Å². The molecule has 0 unspecified atom stereocenters. The maximum absolute atomic E-state index is 10.1. The van der Waals surface area contributed by atoms with Crippen LogP contribution in [0.5, 0.6) is 0 Å². The third-order valence-corrected chi connectivity index (χ3v) is 1.18. The number of rotatable bonds is 3. The van der Waals surface area contributed by atoms with Crippen LogP contribution < -0.4 is 5.43 Å². The number of hydrogen-bond acceptors (Lipinski definition) is 8. The largest absolute Gasteiger partial charge is 0.311 e. The van der Waals surface area contributed by atoms with E-state index in [1.54, 1.807) is 5.43 Å². The molecule has 0 saturated carbocycles. The van der Waals surface area contributed by atoms with Gasteiger partial charge in [-0.1, -0.05) is 15.6 Å². The van der Waals surface area contributed by atoms with Gasteiger partial charge in [0, 0.05) is 0 Å². The Morgan fingerprint density at radius 1 is 1.50 bits per heavy atom. The normalized spacial score (nSPS) is 10.0. The molecule has 0 aliphatic heterocycles. The fourth-order valence-electron chi connectivity index (χ4n) is 0.719.